The molecule has 2 fully saturated rings. The molecule has 1 N–H and O–H groups in total. The molecule has 2 saturated heterocycles. The van der Waals surface area contributed by atoms with Gasteiger partial charge in [0.05, 0.1) is 13.0 Å². The van der Waals surface area contributed by atoms with Crippen LogP contribution in [0.5, 0.6) is 0 Å². The first-order valence-corrected chi connectivity index (χ1v) is 9.15. The van der Waals surface area contributed by atoms with Gasteiger partial charge in [-0.25, -0.2) is 0 Å². The summed E-state index contributed by atoms with van der Waals surface area (Å²) in [6.07, 6.45) is 2.12. The quantitative estimate of drug-likeness (QED) is 0.605. The lowest BCUT2D eigenvalue weighted by Crippen LogP contribution is -2.51. The van der Waals surface area contributed by atoms with Crippen molar-refractivity contribution in [2.75, 3.05) is 52.5 Å². The molecule has 2 aliphatic heterocycles. The Kier molecular flexibility index (Phi) is 8.14. The number of piperazine rings is 1. The molecule has 0 aromatic rings. The highest BCUT2D eigenvalue weighted by Crippen LogP contribution is 2.16. The Morgan fingerprint density at radius 3 is 2.56 bits per heavy atom. The van der Waals surface area contributed by atoms with Gasteiger partial charge in [-0.2, -0.15) is 0 Å². The van der Waals surface area contributed by atoms with E-state index in [0.29, 0.717) is 45.8 Å². The maximum absolute atomic E-state index is 12.3. The number of nitrogens with zero attached hydrogens (tertiary/aromatic N) is 2. The first-order valence-electron chi connectivity index (χ1n) is 9.15. The minimum atomic E-state index is -0.296. The van der Waals surface area contributed by atoms with Crippen molar-refractivity contribution in [3.05, 3.63) is 0 Å². The van der Waals surface area contributed by atoms with Gasteiger partial charge in [0.1, 0.15) is 6.10 Å². The average molecular weight is 355 g/mol. The molecule has 1 atom stereocenters. The number of esters is 1. The molecule has 0 radical (unpaired) electrons. The molecule has 0 aromatic heterocycles. The van der Waals surface area contributed by atoms with Crippen LogP contribution in [-0.2, 0) is 23.9 Å². The summed E-state index contributed by atoms with van der Waals surface area (Å²) in [4.78, 5) is 39.3. The molecule has 25 heavy (non-hydrogen) atoms. The average Bonchev–Trinajstić information content (AvgIpc) is 3.14. The second-order valence-electron chi connectivity index (χ2n) is 6.32. The molecule has 0 spiro atoms. The van der Waals surface area contributed by atoms with E-state index in [1.165, 1.54) is 0 Å². The zero-order valence-corrected chi connectivity index (χ0v) is 15.0. The van der Waals surface area contributed by atoms with Gasteiger partial charge in [0.15, 0.2) is 0 Å². The van der Waals surface area contributed by atoms with Crippen LogP contribution in [0, 0.1) is 0 Å². The zero-order chi connectivity index (χ0) is 18.1. The van der Waals surface area contributed by atoms with Gasteiger partial charge in [-0.15, -0.1) is 0 Å². The van der Waals surface area contributed by atoms with Crippen molar-refractivity contribution < 1.29 is 23.9 Å². The third-order valence-electron chi connectivity index (χ3n) is 4.50. The van der Waals surface area contributed by atoms with E-state index in [9.17, 15) is 14.4 Å². The number of ether oxygens (including phenoxy) is 2. The fourth-order valence-electron chi connectivity index (χ4n) is 3.05. The lowest BCUT2D eigenvalue weighted by molar-refractivity contribution is -0.143. The van der Waals surface area contributed by atoms with Gasteiger partial charge in [0.2, 0.25) is 5.91 Å². The fraction of sp³-hybridized carbons (Fsp3) is 0.824. The van der Waals surface area contributed by atoms with E-state index >= 15 is 0 Å². The monoisotopic (exact) mass is 355 g/mol. The SMILES string of the molecule is CCOC(=O)CCNC(=O)CCN1CCN(C(=O)[C@@H]2CCCO2)CC1. The largest absolute Gasteiger partial charge is 0.466 e. The third kappa shape index (κ3) is 6.62. The number of amides is 2. The van der Waals surface area contributed by atoms with Crippen LogP contribution >= 0.6 is 0 Å². The molecule has 8 heteroatoms. The standard InChI is InChI=1S/C17H29N3O5/c1-2-24-16(22)5-7-18-15(21)6-8-19-9-11-20(12-10-19)17(23)14-4-3-13-25-14/h14H,2-13H2,1H3,(H,18,21)/t14-/m0/s1. The first-order chi connectivity index (χ1) is 12.1. The Morgan fingerprint density at radius 2 is 1.92 bits per heavy atom. The van der Waals surface area contributed by atoms with E-state index in [0.717, 1.165) is 25.9 Å². The van der Waals surface area contributed by atoms with Crippen LogP contribution in [0.3, 0.4) is 0 Å². The second kappa shape index (κ2) is 10.4. The van der Waals surface area contributed by atoms with Gasteiger partial charge in [0.25, 0.3) is 5.91 Å². The van der Waals surface area contributed by atoms with Crippen molar-refractivity contribution in [3.63, 3.8) is 0 Å². The van der Waals surface area contributed by atoms with Crippen LogP contribution in [0.1, 0.15) is 32.6 Å². The van der Waals surface area contributed by atoms with Crippen LogP contribution in [0.25, 0.3) is 0 Å². The number of rotatable bonds is 8. The van der Waals surface area contributed by atoms with Crippen LogP contribution in [-0.4, -0.2) is 86.2 Å². The molecule has 8 nitrogen and oxygen atoms in total. The highest BCUT2D eigenvalue weighted by atomic mass is 16.5. The van der Waals surface area contributed by atoms with Gasteiger partial charge < -0.3 is 19.7 Å². The van der Waals surface area contributed by atoms with Gasteiger partial charge in [0, 0.05) is 52.3 Å². The van der Waals surface area contributed by atoms with E-state index in [1.807, 2.05) is 4.90 Å². The summed E-state index contributed by atoms with van der Waals surface area (Å²) in [5.41, 5.74) is 0. The van der Waals surface area contributed by atoms with Crippen LogP contribution in [0.15, 0.2) is 0 Å². The van der Waals surface area contributed by atoms with Crippen molar-refractivity contribution in [2.24, 2.45) is 0 Å². The summed E-state index contributed by atoms with van der Waals surface area (Å²) >= 11 is 0. The van der Waals surface area contributed by atoms with E-state index in [-0.39, 0.29) is 30.3 Å². The third-order valence-corrected chi connectivity index (χ3v) is 4.50. The fourth-order valence-corrected chi connectivity index (χ4v) is 3.05. The number of hydrogen-bond donors (Lipinski definition) is 1. The molecule has 142 valence electrons. The predicted molar refractivity (Wildman–Crippen MR) is 90.9 cm³/mol. The molecule has 2 heterocycles. The van der Waals surface area contributed by atoms with Crippen molar-refractivity contribution >= 4 is 17.8 Å². The maximum Gasteiger partial charge on any atom is 0.307 e. The van der Waals surface area contributed by atoms with Crippen LogP contribution in [0.2, 0.25) is 0 Å². The van der Waals surface area contributed by atoms with Crippen molar-refractivity contribution in [2.45, 2.75) is 38.7 Å². The summed E-state index contributed by atoms with van der Waals surface area (Å²) in [5.74, 6) is -0.258. The topological polar surface area (TPSA) is 88.2 Å². The highest BCUT2D eigenvalue weighted by Gasteiger charge is 2.30. The first kappa shape index (κ1) is 19.7. The lowest BCUT2D eigenvalue weighted by atomic mass is 10.2. The van der Waals surface area contributed by atoms with Gasteiger partial charge >= 0.3 is 5.97 Å². The Morgan fingerprint density at radius 1 is 1.16 bits per heavy atom. The molecule has 2 aliphatic rings. The summed E-state index contributed by atoms with van der Waals surface area (Å²) in [5, 5.41) is 2.73. The van der Waals surface area contributed by atoms with E-state index in [4.69, 9.17) is 9.47 Å². The molecular formula is C17H29N3O5. The summed E-state index contributed by atoms with van der Waals surface area (Å²) in [6, 6.07) is 0. The maximum atomic E-state index is 12.3. The number of hydrogen-bond acceptors (Lipinski definition) is 6. The normalized spacial score (nSPS) is 21.2. The highest BCUT2D eigenvalue weighted by molar-refractivity contribution is 5.81. The Bertz CT molecular complexity index is 457. The Labute approximate surface area is 148 Å². The van der Waals surface area contributed by atoms with Crippen molar-refractivity contribution in [1.82, 2.24) is 15.1 Å². The van der Waals surface area contributed by atoms with E-state index < -0.39 is 0 Å². The molecule has 0 saturated carbocycles. The van der Waals surface area contributed by atoms with Gasteiger partial charge in [-0.1, -0.05) is 0 Å². The van der Waals surface area contributed by atoms with E-state index in [1.54, 1.807) is 6.92 Å². The van der Waals surface area contributed by atoms with Gasteiger partial charge in [-0.05, 0) is 19.8 Å². The number of carbonyl (C=O) groups is 3. The summed E-state index contributed by atoms with van der Waals surface area (Å²) < 4.78 is 10.3. The smallest absolute Gasteiger partial charge is 0.307 e. The Hall–Kier alpha value is -1.67. The molecule has 2 amide bonds. The van der Waals surface area contributed by atoms with Crippen molar-refractivity contribution in [3.8, 4) is 0 Å². The van der Waals surface area contributed by atoms with Crippen LogP contribution < -0.4 is 5.32 Å². The molecule has 0 bridgehead atoms. The summed E-state index contributed by atoms with van der Waals surface area (Å²) in [7, 11) is 0. The van der Waals surface area contributed by atoms with Gasteiger partial charge in [-0.3, -0.25) is 19.3 Å². The molecule has 0 aromatic carbocycles. The predicted octanol–water partition coefficient (Wildman–Crippen LogP) is -0.231. The minimum Gasteiger partial charge on any atom is -0.466 e. The van der Waals surface area contributed by atoms with Crippen LogP contribution in [0.4, 0.5) is 0 Å². The number of carbonyl (C=O) groups excluding carboxylic acids is 3. The molecular weight excluding hydrogens is 326 g/mol. The van der Waals surface area contributed by atoms with E-state index in [2.05, 4.69) is 10.2 Å². The minimum absolute atomic E-state index is 0.0674. The molecule has 0 aliphatic carbocycles. The second-order valence-corrected chi connectivity index (χ2v) is 6.32. The lowest BCUT2D eigenvalue weighted by Gasteiger charge is -2.35. The summed E-state index contributed by atoms with van der Waals surface area (Å²) in [6.45, 7) is 6.67. The Balaban J connectivity index is 1.56. The molecule has 0 unspecified atom stereocenters. The zero-order valence-electron chi connectivity index (χ0n) is 15.0. The van der Waals surface area contributed by atoms with Crippen molar-refractivity contribution in [1.29, 1.82) is 0 Å². The molecule has 2 rings (SSSR count). The number of nitrogens with one attached hydrogen (secondary N) is 1.